The molecule has 30 heavy (non-hydrogen) atoms. The van der Waals surface area contributed by atoms with Crippen molar-refractivity contribution in [1.29, 1.82) is 5.26 Å². The molecule has 150 valence electrons. The summed E-state index contributed by atoms with van der Waals surface area (Å²) in [4.78, 5) is 15.9. The van der Waals surface area contributed by atoms with Crippen molar-refractivity contribution in [2.75, 3.05) is 7.11 Å². The van der Waals surface area contributed by atoms with Crippen LogP contribution in [0.25, 0.3) is 5.57 Å². The number of allylic oxidation sites excluding steroid dienone is 1. The smallest absolute Gasteiger partial charge is 0.339 e. The minimum absolute atomic E-state index is 0.00146. The van der Waals surface area contributed by atoms with Crippen LogP contribution in [0.15, 0.2) is 72.6 Å². The second kappa shape index (κ2) is 9.26. The molecular weight excluding hydrogens is 384 g/mol. The van der Waals surface area contributed by atoms with Gasteiger partial charge in [-0.05, 0) is 31.2 Å². The van der Waals surface area contributed by atoms with Crippen LogP contribution >= 0.6 is 0 Å². The maximum absolute atomic E-state index is 11.8. The molecule has 0 bridgehead atoms. The highest BCUT2D eigenvalue weighted by Gasteiger charge is 2.20. The lowest BCUT2D eigenvalue weighted by Crippen LogP contribution is -2.05. The van der Waals surface area contributed by atoms with E-state index in [9.17, 15) is 15.2 Å². The molecule has 0 amide bonds. The Morgan fingerprint density at radius 2 is 1.73 bits per heavy atom. The molecular formula is C23H18N2O5. The summed E-state index contributed by atoms with van der Waals surface area (Å²) >= 11 is 0. The van der Waals surface area contributed by atoms with Gasteiger partial charge in [-0.1, -0.05) is 30.3 Å². The van der Waals surface area contributed by atoms with Crippen molar-refractivity contribution in [3.63, 3.8) is 0 Å². The predicted octanol–water partition coefficient (Wildman–Crippen LogP) is 5.00. The van der Waals surface area contributed by atoms with E-state index in [0.717, 1.165) is 0 Å². The lowest BCUT2D eigenvalue weighted by atomic mass is 10.0. The summed E-state index contributed by atoms with van der Waals surface area (Å²) < 4.78 is 16.8. The molecule has 0 saturated carbocycles. The van der Waals surface area contributed by atoms with Crippen LogP contribution < -0.4 is 9.47 Å². The molecule has 3 rings (SSSR count). The highest BCUT2D eigenvalue weighted by atomic mass is 16.5. The summed E-state index contributed by atoms with van der Waals surface area (Å²) in [7, 11) is 1.41. The Labute approximate surface area is 173 Å². The number of aromatic nitrogens is 1. The highest BCUT2D eigenvalue weighted by molar-refractivity contribution is 6.16. The summed E-state index contributed by atoms with van der Waals surface area (Å²) in [5.41, 5.74) is 0.752. The molecule has 1 heterocycles. The van der Waals surface area contributed by atoms with Crippen LogP contribution in [0, 0.1) is 11.3 Å². The summed E-state index contributed by atoms with van der Waals surface area (Å²) in [6.45, 7) is 1.57. The van der Waals surface area contributed by atoms with Crippen molar-refractivity contribution in [3.8, 4) is 29.2 Å². The lowest BCUT2D eigenvalue weighted by molar-refractivity contribution is -0.130. The number of benzene rings is 2. The SMILES string of the molecule is COC(C)=C(C(=O)O)c1ccccc1Oc1ccnc(Oc2ccccc2C#N)c1. The van der Waals surface area contributed by atoms with Gasteiger partial charge in [-0.2, -0.15) is 5.26 Å². The zero-order chi connectivity index (χ0) is 21.5. The zero-order valence-electron chi connectivity index (χ0n) is 16.3. The lowest BCUT2D eigenvalue weighted by Gasteiger charge is -2.14. The molecule has 2 aromatic carbocycles. The summed E-state index contributed by atoms with van der Waals surface area (Å²) in [5.74, 6) is 0.455. The standard InChI is InChI=1S/C23H18N2O5/c1-15(28-2)22(23(26)27)18-8-4-6-10-20(18)29-17-11-12-25-21(13-17)30-19-9-5-3-7-16(19)14-24/h3-13H,1-2H3,(H,26,27). The first-order valence-electron chi connectivity index (χ1n) is 8.92. The van der Waals surface area contributed by atoms with Crippen LogP contribution in [-0.4, -0.2) is 23.2 Å². The second-order valence-corrected chi connectivity index (χ2v) is 6.08. The largest absolute Gasteiger partial charge is 0.500 e. The average Bonchev–Trinajstić information content (AvgIpc) is 2.75. The van der Waals surface area contributed by atoms with Crippen LogP contribution in [0.1, 0.15) is 18.1 Å². The Morgan fingerprint density at radius 1 is 1.03 bits per heavy atom. The molecule has 7 heteroatoms. The molecule has 0 aliphatic rings. The fraction of sp³-hybridized carbons (Fsp3) is 0.0870. The Hall–Kier alpha value is -4.31. The van der Waals surface area contributed by atoms with Crippen molar-refractivity contribution in [2.24, 2.45) is 0 Å². The number of aliphatic carboxylic acids is 1. The van der Waals surface area contributed by atoms with E-state index in [1.807, 2.05) is 0 Å². The van der Waals surface area contributed by atoms with Gasteiger partial charge in [-0.25, -0.2) is 9.78 Å². The third-order valence-corrected chi connectivity index (χ3v) is 4.18. The molecule has 3 aromatic rings. The van der Waals surface area contributed by atoms with E-state index >= 15 is 0 Å². The quantitative estimate of drug-likeness (QED) is 0.438. The molecule has 0 fully saturated rings. The van der Waals surface area contributed by atoms with Crippen molar-refractivity contribution < 1.29 is 24.1 Å². The van der Waals surface area contributed by atoms with Gasteiger partial charge < -0.3 is 19.3 Å². The Balaban J connectivity index is 1.93. The topological polar surface area (TPSA) is 102 Å². The Kier molecular flexibility index (Phi) is 6.30. The van der Waals surface area contributed by atoms with E-state index in [4.69, 9.17) is 14.2 Å². The van der Waals surface area contributed by atoms with E-state index in [2.05, 4.69) is 11.1 Å². The molecule has 0 aliphatic carbocycles. The van der Waals surface area contributed by atoms with Crippen LogP contribution in [0.3, 0.4) is 0 Å². The molecule has 0 radical (unpaired) electrons. The average molecular weight is 402 g/mol. The number of hydrogen-bond acceptors (Lipinski definition) is 6. The highest BCUT2D eigenvalue weighted by Crippen LogP contribution is 2.33. The van der Waals surface area contributed by atoms with Crippen molar-refractivity contribution in [1.82, 2.24) is 4.98 Å². The van der Waals surface area contributed by atoms with Gasteiger partial charge in [0.15, 0.2) is 0 Å². The van der Waals surface area contributed by atoms with Gasteiger partial charge in [0, 0.05) is 17.8 Å². The molecule has 0 unspecified atom stereocenters. The van der Waals surface area contributed by atoms with Gasteiger partial charge in [0.2, 0.25) is 5.88 Å². The first-order chi connectivity index (χ1) is 14.5. The fourth-order valence-electron chi connectivity index (χ4n) is 2.72. The number of carboxylic acid groups (broad SMARTS) is 1. The monoisotopic (exact) mass is 402 g/mol. The number of ether oxygens (including phenoxy) is 3. The van der Waals surface area contributed by atoms with Crippen LogP contribution in [-0.2, 0) is 9.53 Å². The van der Waals surface area contributed by atoms with Crippen LogP contribution in [0.2, 0.25) is 0 Å². The number of carbonyl (C=O) groups is 1. The van der Waals surface area contributed by atoms with E-state index in [0.29, 0.717) is 28.4 Å². The van der Waals surface area contributed by atoms with E-state index in [-0.39, 0.29) is 17.2 Å². The molecule has 0 spiro atoms. The van der Waals surface area contributed by atoms with Gasteiger partial charge in [-0.3, -0.25) is 0 Å². The van der Waals surface area contributed by atoms with E-state index in [1.54, 1.807) is 67.6 Å². The molecule has 0 aliphatic heterocycles. The van der Waals surface area contributed by atoms with Crippen molar-refractivity contribution >= 4 is 11.5 Å². The van der Waals surface area contributed by atoms with Crippen LogP contribution in [0.5, 0.6) is 23.1 Å². The number of methoxy groups -OCH3 is 1. The number of para-hydroxylation sites is 2. The number of rotatable bonds is 7. The van der Waals surface area contributed by atoms with Crippen molar-refractivity contribution in [3.05, 3.63) is 83.7 Å². The molecule has 0 saturated heterocycles. The number of nitrogens with zero attached hydrogens (tertiary/aromatic N) is 2. The summed E-state index contributed by atoms with van der Waals surface area (Å²) in [6.07, 6.45) is 1.50. The normalized spacial score (nSPS) is 11.1. The Bertz CT molecular complexity index is 1150. The first kappa shape index (κ1) is 20.4. The van der Waals surface area contributed by atoms with Gasteiger partial charge in [0.1, 0.15) is 34.7 Å². The fourth-order valence-corrected chi connectivity index (χ4v) is 2.72. The zero-order valence-corrected chi connectivity index (χ0v) is 16.3. The molecule has 1 aromatic heterocycles. The minimum Gasteiger partial charge on any atom is -0.500 e. The van der Waals surface area contributed by atoms with Crippen molar-refractivity contribution in [2.45, 2.75) is 6.92 Å². The number of hydrogen-bond donors (Lipinski definition) is 1. The summed E-state index contributed by atoms with van der Waals surface area (Å²) in [5, 5.41) is 18.8. The summed E-state index contributed by atoms with van der Waals surface area (Å²) in [6, 6.07) is 18.8. The number of nitriles is 1. The maximum Gasteiger partial charge on any atom is 0.339 e. The molecule has 1 N–H and O–H groups in total. The van der Waals surface area contributed by atoms with Gasteiger partial charge >= 0.3 is 5.97 Å². The minimum atomic E-state index is -1.13. The molecule has 7 nitrogen and oxygen atoms in total. The number of carboxylic acids is 1. The third kappa shape index (κ3) is 4.56. The third-order valence-electron chi connectivity index (χ3n) is 4.18. The van der Waals surface area contributed by atoms with Gasteiger partial charge in [0.25, 0.3) is 0 Å². The Morgan fingerprint density at radius 3 is 2.43 bits per heavy atom. The molecule has 0 atom stereocenters. The van der Waals surface area contributed by atoms with E-state index in [1.165, 1.54) is 13.3 Å². The van der Waals surface area contributed by atoms with E-state index < -0.39 is 5.97 Å². The first-order valence-corrected chi connectivity index (χ1v) is 8.92. The van der Waals surface area contributed by atoms with Crippen LogP contribution in [0.4, 0.5) is 0 Å². The number of pyridine rings is 1. The maximum atomic E-state index is 11.8. The predicted molar refractivity (Wildman–Crippen MR) is 109 cm³/mol. The van der Waals surface area contributed by atoms with Gasteiger partial charge in [-0.15, -0.1) is 0 Å². The second-order valence-electron chi connectivity index (χ2n) is 6.08. The van der Waals surface area contributed by atoms with Gasteiger partial charge in [0.05, 0.1) is 12.7 Å².